The van der Waals surface area contributed by atoms with Gasteiger partial charge in [0.25, 0.3) is 0 Å². The van der Waals surface area contributed by atoms with Crippen LogP contribution in [0.4, 0.5) is 0 Å². The van der Waals surface area contributed by atoms with Crippen LogP contribution >= 0.6 is 0 Å². The smallest absolute Gasteiger partial charge is 0.305 e. The zero-order valence-electron chi connectivity index (χ0n) is 22.4. The van der Waals surface area contributed by atoms with Crippen molar-refractivity contribution in [2.24, 2.45) is 0 Å². The average Bonchev–Trinajstić information content (AvgIpc) is 2.81. The molecule has 0 aromatic rings. The quantitative estimate of drug-likeness (QED) is 0.0914. The van der Waals surface area contributed by atoms with Gasteiger partial charge >= 0.3 is 5.97 Å². The highest BCUT2D eigenvalue weighted by atomic mass is 16.5. The van der Waals surface area contributed by atoms with Gasteiger partial charge in [-0.25, -0.2) is 0 Å². The van der Waals surface area contributed by atoms with Gasteiger partial charge in [-0.3, -0.25) is 4.79 Å². The summed E-state index contributed by atoms with van der Waals surface area (Å²) in [5.41, 5.74) is 0. The SMILES string of the molecule is CCCCCCCCCCCCCCCCCCCCCCCCCCCCC(=O)OC. The molecule has 0 bridgehead atoms. The van der Waals surface area contributed by atoms with Crippen molar-refractivity contribution in [2.75, 3.05) is 7.11 Å². The number of carbonyl (C=O) groups excluding carboxylic acids is 1. The number of rotatable bonds is 27. The van der Waals surface area contributed by atoms with Crippen molar-refractivity contribution in [1.82, 2.24) is 0 Å². The van der Waals surface area contributed by atoms with Crippen molar-refractivity contribution in [3.8, 4) is 0 Å². The molecule has 0 amide bonds. The number of esters is 1. The standard InChI is InChI=1S/C30H60O2/c1-3-4-5-6-7-8-9-10-11-12-13-14-15-16-17-18-19-20-21-22-23-24-25-26-27-28-29-30(31)32-2/h3-29H2,1-2H3. The fourth-order valence-electron chi connectivity index (χ4n) is 4.69. The van der Waals surface area contributed by atoms with Crippen LogP contribution in [-0.4, -0.2) is 13.1 Å². The summed E-state index contributed by atoms with van der Waals surface area (Å²) >= 11 is 0. The van der Waals surface area contributed by atoms with Gasteiger partial charge in [0.2, 0.25) is 0 Å². The number of methoxy groups -OCH3 is 1. The molecule has 0 aromatic heterocycles. The molecule has 0 atom stereocenters. The third-order valence-corrected chi connectivity index (χ3v) is 6.96. The molecule has 0 saturated carbocycles. The maximum absolute atomic E-state index is 11.0. The molecule has 2 heteroatoms. The van der Waals surface area contributed by atoms with E-state index in [-0.39, 0.29) is 5.97 Å². The van der Waals surface area contributed by atoms with E-state index < -0.39 is 0 Å². The number of hydrogen-bond acceptors (Lipinski definition) is 2. The summed E-state index contributed by atoms with van der Waals surface area (Å²) in [5.74, 6) is -0.0608. The summed E-state index contributed by atoms with van der Waals surface area (Å²) in [6.07, 6.45) is 37.3. The predicted molar refractivity (Wildman–Crippen MR) is 142 cm³/mol. The second-order valence-corrected chi connectivity index (χ2v) is 10.2. The van der Waals surface area contributed by atoms with E-state index >= 15 is 0 Å². The van der Waals surface area contributed by atoms with Gasteiger partial charge in [0, 0.05) is 6.42 Å². The first-order chi connectivity index (χ1) is 15.8. The minimum Gasteiger partial charge on any atom is -0.469 e. The van der Waals surface area contributed by atoms with Crippen LogP contribution in [-0.2, 0) is 9.53 Å². The number of hydrogen-bond donors (Lipinski definition) is 0. The van der Waals surface area contributed by atoms with Crippen LogP contribution in [0.5, 0.6) is 0 Å². The van der Waals surface area contributed by atoms with Crippen LogP contribution in [0.1, 0.15) is 180 Å². The Morgan fingerprint density at radius 2 is 0.625 bits per heavy atom. The molecule has 0 saturated heterocycles. The van der Waals surface area contributed by atoms with Crippen LogP contribution in [0.25, 0.3) is 0 Å². The lowest BCUT2D eigenvalue weighted by molar-refractivity contribution is -0.140. The van der Waals surface area contributed by atoms with E-state index in [9.17, 15) is 4.79 Å². The average molecular weight is 453 g/mol. The first kappa shape index (κ1) is 31.5. The molecule has 32 heavy (non-hydrogen) atoms. The summed E-state index contributed by atoms with van der Waals surface area (Å²) in [6.45, 7) is 2.30. The lowest BCUT2D eigenvalue weighted by Gasteiger charge is -2.04. The third-order valence-electron chi connectivity index (χ3n) is 6.96. The van der Waals surface area contributed by atoms with E-state index in [1.165, 1.54) is 168 Å². The second-order valence-electron chi connectivity index (χ2n) is 10.2. The van der Waals surface area contributed by atoms with E-state index in [4.69, 9.17) is 0 Å². The highest BCUT2D eigenvalue weighted by Crippen LogP contribution is 2.16. The molecule has 0 aliphatic rings. The molecule has 192 valence electrons. The van der Waals surface area contributed by atoms with E-state index in [1.807, 2.05) is 0 Å². The Morgan fingerprint density at radius 3 is 0.844 bits per heavy atom. The minimum absolute atomic E-state index is 0.0608. The fraction of sp³-hybridized carbons (Fsp3) is 0.967. The van der Waals surface area contributed by atoms with Crippen LogP contribution in [0.2, 0.25) is 0 Å². The second kappa shape index (κ2) is 28.5. The maximum atomic E-state index is 11.0. The van der Waals surface area contributed by atoms with Gasteiger partial charge in [-0.2, -0.15) is 0 Å². The number of carbonyl (C=O) groups is 1. The predicted octanol–water partition coefficient (Wildman–Crippen LogP) is 10.7. The molecule has 0 rings (SSSR count). The van der Waals surface area contributed by atoms with Crippen LogP contribution in [0.15, 0.2) is 0 Å². The Hall–Kier alpha value is -0.530. The van der Waals surface area contributed by atoms with Crippen molar-refractivity contribution < 1.29 is 9.53 Å². The van der Waals surface area contributed by atoms with Gasteiger partial charge in [-0.05, 0) is 6.42 Å². The highest BCUT2D eigenvalue weighted by Gasteiger charge is 1.99. The Bertz CT molecular complexity index is 353. The fourth-order valence-corrected chi connectivity index (χ4v) is 4.69. The van der Waals surface area contributed by atoms with Crippen molar-refractivity contribution in [1.29, 1.82) is 0 Å². The molecule has 0 radical (unpaired) electrons. The van der Waals surface area contributed by atoms with Gasteiger partial charge in [-0.1, -0.05) is 167 Å². The summed E-state index contributed by atoms with van der Waals surface area (Å²) in [7, 11) is 1.48. The lowest BCUT2D eigenvalue weighted by atomic mass is 10.0. The van der Waals surface area contributed by atoms with Crippen LogP contribution in [0.3, 0.4) is 0 Å². The Balaban J connectivity index is 3.02. The molecule has 0 aliphatic carbocycles. The molecular weight excluding hydrogens is 392 g/mol. The molecular formula is C30H60O2. The highest BCUT2D eigenvalue weighted by molar-refractivity contribution is 5.68. The Labute approximate surface area is 203 Å². The zero-order chi connectivity index (χ0) is 23.4. The van der Waals surface area contributed by atoms with E-state index in [0.717, 1.165) is 6.42 Å². The third kappa shape index (κ3) is 27.5. The number of unbranched alkanes of at least 4 members (excludes halogenated alkanes) is 25. The van der Waals surface area contributed by atoms with Crippen LogP contribution in [0, 0.1) is 0 Å². The Kier molecular flexibility index (Phi) is 28.0. The van der Waals surface area contributed by atoms with E-state index in [0.29, 0.717) is 6.42 Å². The van der Waals surface area contributed by atoms with Crippen molar-refractivity contribution in [3.63, 3.8) is 0 Å². The van der Waals surface area contributed by atoms with E-state index in [1.54, 1.807) is 0 Å². The van der Waals surface area contributed by atoms with Crippen molar-refractivity contribution >= 4 is 5.97 Å². The molecule has 0 heterocycles. The van der Waals surface area contributed by atoms with Crippen molar-refractivity contribution in [2.45, 2.75) is 180 Å². The molecule has 0 N–H and O–H groups in total. The summed E-state index contributed by atoms with van der Waals surface area (Å²) in [6, 6.07) is 0. The minimum atomic E-state index is -0.0608. The monoisotopic (exact) mass is 452 g/mol. The maximum Gasteiger partial charge on any atom is 0.305 e. The Morgan fingerprint density at radius 1 is 0.406 bits per heavy atom. The van der Waals surface area contributed by atoms with Gasteiger partial charge in [-0.15, -0.1) is 0 Å². The largest absolute Gasteiger partial charge is 0.469 e. The summed E-state index contributed by atoms with van der Waals surface area (Å²) in [5, 5.41) is 0. The summed E-state index contributed by atoms with van der Waals surface area (Å²) < 4.78 is 4.67. The van der Waals surface area contributed by atoms with Gasteiger partial charge in [0.1, 0.15) is 0 Å². The molecule has 2 nitrogen and oxygen atoms in total. The van der Waals surface area contributed by atoms with Gasteiger partial charge < -0.3 is 4.74 Å². The molecule has 0 aromatic carbocycles. The zero-order valence-corrected chi connectivity index (χ0v) is 22.4. The first-order valence-corrected chi connectivity index (χ1v) is 14.9. The molecule has 0 fully saturated rings. The molecule has 0 aliphatic heterocycles. The number of ether oxygens (including phenoxy) is 1. The molecule has 0 spiro atoms. The topological polar surface area (TPSA) is 26.3 Å². The first-order valence-electron chi connectivity index (χ1n) is 14.9. The molecule has 0 unspecified atom stereocenters. The summed E-state index contributed by atoms with van der Waals surface area (Å²) in [4.78, 5) is 11.0. The van der Waals surface area contributed by atoms with Gasteiger partial charge in [0.05, 0.1) is 7.11 Å². The van der Waals surface area contributed by atoms with Crippen LogP contribution < -0.4 is 0 Å². The normalized spacial score (nSPS) is 11.2. The van der Waals surface area contributed by atoms with Crippen molar-refractivity contribution in [3.05, 3.63) is 0 Å². The van der Waals surface area contributed by atoms with E-state index in [2.05, 4.69) is 11.7 Å². The lowest BCUT2D eigenvalue weighted by Crippen LogP contribution is -1.99. The van der Waals surface area contributed by atoms with Gasteiger partial charge in [0.15, 0.2) is 0 Å².